The van der Waals surface area contributed by atoms with Crippen LogP contribution in [0.25, 0.3) is 16.7 Å². The lowest BCUT2D eigenvalue weighted by Gasteiger charge is -2.20. The summed E-state index contributed by atoms with van der Waals surface area (Å²) >= 11 is 0. The zero-order valence-electron chi connectivity index (χ0n) is 18.0. The molecule has 0 spiro atoms. The molecule has 0 aliphatic carbocycles. The van der Waals surface area contributed by atoms with Crippen molar-refractivity contribution in [3.63, 3.8) is 0 Å². The van der Waals surface area contributed by atoms with Crippen LogP contribution in [-0.2, 0) is 4.79 Å². The number of carbonyl (C=O) groups excluding carboxylic acids is 1. The molecule has 0 saturated heterocycles. The Hall–Kier alpha value is -3.74. The maximum absolute atomic E-state index is 12.9. The quantitative estimate of drug-likeness (QED) is 0.532. The first-order valence-electron chi connectivity index (χ1n) is 10.3. The van der Waals surface area contributed by atoms with Gasteiger partial charge in [0.15, 0.2) is 5.82 Å². The Bertz CT molecular complexity index is 1310. The van der Waals surface area contributed by atoms with Gasteiger partial charge < -0.3 is 5.32 Å². The molecule has 0 bridgehead atoms. The number of rotatable bonds is 2. The minimum Gasteiger partial charge on any atom is -0.374 e. The molecule has 0 fully saturated rings. The summed E-state index contributed by atoms with van der Waals surface area (Å²) in [6.45, 7) is 5.99. The molecule has 1 aliphatic rings. The minimum absolute atomic E-state index is 0.0433. The molecule has 1 atom stereocenters. The standard InChI is InChI=1S/C24H24N6O/c1-14-11-15(2)26-24-23(14)28-19(12-22(31)29(24)4)17-5-7-18(8-6-17)30-16(3)27-20-13-25-10-9-21(20)30/h5-11,13,19,28H,12H2,1-4H3. The predicted molar refractivity (Wildman–Crippen MR) is 122 cm³/mol. The lowest BCUT2D eigenvalue weighted by atomic mass is 10.0. The highest BCUT2D eigenvalue weighted by molar-refractivity contribution is 5.97. The van der Waals surface area contributed by atoms with E-state index in [2.05, 4.69) is 49.1 Å². The Balaban J connectivity index is 1.52. The van der Waals surface area contributed by atoms with E-state index in [1.54, 1.807) is 24.3 Å². The molecule has 31 heavy (non-hydrogen) atoms. The summed E-state index contributed by atoms with van der Waals surface area (Å²) in [5.41, 5.74) is 6.88. The summed E-state index contributed by atoms with van der Waals surface area (Å²) in [5, 5.41) is 3.57. The van der Waals surface area contributed by atoms with Crippen LogP contribution in [0.1, 0.15) is 35.1 Å². The van der Waals surface area contributed by atoms with Gasteiger partial charge in [0.05, 0.1) is 29.9 Å². The minimum atomic E-state index is -0.127. The lowest BCUT2D eigenvalue weighted by molar-refractivity contribution is -0.118. The normalized spacial score (nSPS) is 16.2. The van der Waals surface area contributed by atoms with E-state index in [-0.39, 0.29) is 11.9 Å². The molecule has 1 N–H and O–H groups in total. The number of hydrogen-bond donors (Lipinski definition) is 1. The van der Waals surface area contributed by atoms with Gasteiger partial charge in [0, 0.05) is 24.6 Å². The smallest absolute Gasteiger partial charge is 0.230 e. The number of amides is 1. The van der Waals surface area contributed by atoms with Crippen molar-refractivity contribution in [1.29, 1.82) is 0 Å². The molecular formula is C24H24N6O. The van der Waals surface area contributed by atoms with Gasteiger partial charge in [-0.2, -0.15) is 0 Å². The van der Waals surface area contributed by atoms with Crippen molar-refractivity contribution in [3.05, 3.63) is 71.4 Å². The summed E-state index contributed by atoms with van der Waals surface area (Å²) in [4.78, 5) is 27.9. The van der Waals surface area contributed by atoms with Crippen LogP contribution >= 0.6 is 0 Å². The first-order chi connectivity index (χ1) is 14.9. The molecule has 3 aromatic heterocycles. The highest BCUT2D eigenvalue weighted by Gasteiger charge is 2.28. The van der Waals surface area contributed by atoms with Gasteiger partial charge in [-0.1, -0.05) is 12.1 Å². The fraction of sp³-hybridized carbons (Fsp3) is 0.250. The van der Waals surface area contributed by atoms with E-state index in [1.807, 2.05) is 32.9 Å². The van der Waals surface area contributed by atoms with Crippen molar-refractivity contribution in [2.24, 2.45) is 0 Å². The Morgan fingerprint density at radius 3 is 2.61 bits per heavy atom. The van der Waals surface area contributed by atoms with Gasteiger partial charge in [-0.25, -0.2) is 9.97 Å². The highest BCUT2D eigenvalue weighted by atomic mass is 16.2. The van der Waals surface area contributed by atoms with Crippen LogP contribution in [-0.4, -0.2) is 32.5 Å². The number of nitrogens with zero attached hydrogens (tertiary/aromatic N) is 5. The second-order valence-corrected chi connectivity index (χ2v) is 8.08. The van der Waals surface area contributed by atoms with Gasteiger partial charge in [-0.05, 0) is 56.2 Å². The summed E-state index contributed by atoms with van der Waals surface area (Å²) in [5.74, 6) is 1.64. The fourth-order valence-corrected chi connectivity index (χ4v) is 4.33. The number of anilines is 2. The predicted octanol–water partition coefficient (Wildman–Crippen LogP) is 4.26. The van der Waals surface area contributed by atoms with Crippen LogP contribution in [0, 0.1) is 20.8 Å². The fourth-order valence-electron chi connectivity index (χ4n) is 4.33. The molecule has 0 radical (unpaired) electrons. The van der Waals surface area contributed by atoms with Crippen molar-refractivity contribution in [3.8, 4) is 5.69 Å². The zero-order chi connectivity index (χ0) is 21.7. The van der Waals surface area contributed by atoms with Gasteiger partial charge >= 0.3 is 0 Å². The largest absolute Gasteiger partial charge is 0.374 e. The average Bonchev–Trinajstić information content (AvgIpc) is 3.03. The Morgan fingerprint density at radius 1 is 1.06 bits per heavy atom. The molecule has 1 aromatic carbocycles. The van der Waals surface area contributed by atoms with E-state index in [1.165, 1.54) is 0 Å². The summed E-state index contributed by atoms with van der Waals surface area (Å²) in [6.07, 6.45) is 3.92. The number of imidazole rings is 1. The molecule has 5 rings (SSSR count). The number of aryl methyl sites for hydroxylation is 3. The van der Waals surface area contributed by atoms with Crippen molar-refractivity contribution >= 4 is 28.4 Å². The number of hydrogen-bond acceptors (Lipinski definition) is 5. The Labute approximate surface area is 180 Å². The van der Waals surface area contributed by atoms with Gasteiger partial charge in [-0.3, -0.25) is 19.2 Å². The SMILES string of the molecule is Cc1cc(C)c2c(n1)N(C)C(=O)CC(c1ccc(-n3c(C)nc4cnccc43)cc1)N2. The number of benzene rings is 1. The third-order valence-corrected chi connectivity index (χ3v) is 5.89. The molecule has 1 amide bonds. The van der Waals surface area contributed by atoms with Gasteiger partial charge in [0.25, 0.3) is 0 Å². The van der Waals surface area contributed by atoms with Crippen LogP contribution in [0.2, 0.25) is 0 Å². The second-order valence-electron chi connectivity index (χ2n) is 8.08. The van der Waals surface area contributed by atoms with Crippen LogP contribution in [0.15, 0.2) is 48.8 Å². The van der Waals surface area contributed by atoms with Gasteiger partial charge in [0.2, 0.25) is 5.91 Å². The number of aromatic nitrogens is 4. The number of carbonyl (C=O) groups is 1. The van der Waals surface area contributed by atoms with Gasteiger partial charge in [0.1, 0.15) is 11.3 Å². The third kappa shape index (κ3) is 3.22. The van der Waals surface area contributed by atoms with Crippen molar-refractivity contribution in [1.82, 2.24) is 19.5 Å². The van der Waals surface area contributed by atoms with E-state index < -0.39 is 0 Å². The average molecular weight is 412 g/mol. The molecule has 1 aliphatic heterocycles. The van der Waals surface area contributed by atoms with Crippen molar-refractivity contribution in [2.45, 2.75) is 33.2 Å². The van der Waals surface area contributed by atoms with E-state index in [0.29, 0.717) is 12.2 Å². The van der Waals surface area contributed by atoms with E-state index in [0.717, 1.165) is 45.1 Å². The van der Waals surface area contributed by atoms with Crippen LogP contribution in [0.3, 0.4) is 0 Å². The maximum Gasteiger partial charge on any atom is 0.230 e. The second kappa shape index (κ2) is 7.19. The summed E-state index contributed by atoms with van der Waals surface area (Å²) < 4.78 is 2.12. The van der Waals surface area contributed by atoms with Crippen LogP contribution in [0.4, 0.5) is 11.5 Å². The molecule has 156 valence electrons. The maximum atomic E-state index is 12.9. The van der Waals surface area contributed by atoms with E-state index in [4.69, 9.17) is 0 Å². The Kier molecular flexibility index (Phi) is 4.46. The molecule has 4 heterocycles. The monoisotopic (exact) mass is 412 g/mol. The molecule has 4 aromatic rings. The first-order valence-corrected chi connectivity index (χ1v) is 10.3. The summed E-state index contributed by atoms with van der Waals surface area (Å²) in [6, 6.07) is 12.2. The molecular weight excluding hydrogens is 388 g/mol. The Morgan fingerprint density at radius 2 is 1.84 bits per heavy atom. The van der Waals surface area contributed by atoms with Crippen molar-refractivity contribution in [2.75, 3.05) is 17.3 Å². The summed E-state index contributed by atoms with van der Waals surface area (Å²) in [7, 11) is 1.79. The molecule has 0 saturated carbocycles. The molecule has 7 nitrogen and oxygen atoms in total. The van der Waals surface area contributed by atoms with Crippen molar-refractivity contribution < 1.29 is 4.79 Å². The zero-order valence-corrected chi connectivity index (χ0v) is 18.0. The van der Waals surface area contributed by atoms with Crippen LogP contribution in [0.5, 0.6) is 0 Å². The number of pyridine rings is 2. The van der Waals surface area contributed by atoms with Gasteiger partial charge in [-0.15, -0.1) is 0 Å². The van der Waals surface area contributed by atoms with Crippen LogP contribution < -0.4 is 10.2 Å². The number of nitrogens with one attached hydrogen (secondary N) is 1. The lowest BCUT2D eigenvalue weighted by Crippen LogP contribution is -2.27. The molecule has 7 heteroatoms. The first kappa shape index (κ1) is 19.2. The van der Waals surface area contributed by atoms with E-state index >= 15 is 0 Å². The number of fused-ring (bicyclic) bond motifs is 2. The third-order valence-electron chi connectivity index (χ3n) is 5.89. The topological polar surface area (TPSA) is 75.9 Å². The van der Waals surface area contributed by atoms with E-state index in [9.17, 15) is 4.79 Å². The molecule has 1 unspecified atom stereocenters. The highest BCUT2D eigenvalue weighted by Crippen LogP contribution is 2.36.